The normalized spacial score (nSPS) is 13.0. The first kappa shape index (κ1) is 14.8. The molecule has 0 aliphatic rings. The maximum absolute atomic E-state index is 13.7. The van der Waals surface area contributed by atoms with E-state index in [1.807, 2.05) is 16.9 Å². The molecule has 0 radical (unpaired) electrons. The van der Waals surface area contributed by atoms with E-state index in [0.717, 1.165) is 11.4 Å². The lowest BCUT2D eigenvalue weighted by Crippen LogP contribution is -2.07. The van der Waals surface area contributed by atoms with E-state index in [2.05, 4.69) is 9.97 Å². The summed E-state index contributed by atoms with van der Waals surface area (Å²) in [6.07, 6.45) is 2.53. The van der Waals surface area contributed by atoms with Gasteiger partial charge in [0.05, 0.1) is 26.4 Å². The third kappa shape index (κ3) is 2.91. The Morgan fingerprint density at radius 3 is 2.90 bits per heavy atom. The molecule has 3 rings (SSSR count). The number of benzene rings is 1. The molecule has 0 amide bonds. The molecule has 21 heavy (non-hydrogen) atoms. The van der Waals surface area contributed by atoms with Crippen molar-refractivity contribution >= 4 is 45.6 Å². The van der Waals surface area contributed by atoms with E-state index < -0.39 is 5.82 Å². The van der Waals surface area contributed by atoms with Crippen LogP contribution < -0.4 is 0 Å². The van der Waals surface area contributed by atoms with E-state index in [9.17, 15) is 4.39 Å². The van der Waals surface area contributed by atoms with Crippen molar-refractivity contribution in [3.63, 3.8) is 0 Å². The van der Waals surface area contributed by atoms with Crippen LogP contribution in [0.4, 0.5) is 4.39 Å². The molecular formula is C14H12Cl2FN3S. The zero-order valence-electron chi connectivity index (χ0n) is 11.2. The fourth-order valence-electron chi connectivity index (χ4n) is 2.26. The average Bonchev–Trinajstić information content (AvgIpc) is 3.05. The van der Waals surface area contributed by atoms with E-state index in [1.165, 1.54) is 12.1 Å². The van der Waals surface area contributed by atoms with Gasteiger partial charge < -0.3 is 4.57 Å². The smallest absolute Gasteiger partial charge is 0.144 e. The van der Waals surface area contributed by atoms with Gasteiger partial charge in [-0.2, -0.15) is 0 Å². The lowest BCUT2D eigenvalue weighted by Gasteiger charge is -2.09. The van der Waals surface area contributed by atoms with Crippen LogP contribution in [0.5, 0.6) is 0 Å². The zero-order valence-corrected chi connectivity index (χ0v) is 13.5. The maximum atomic E-state index is 13.7. The molecule has 0 N–H and O–H groups in total. The van der Waals surface area contributed by atoms with Crippen molar-refractivity contribution in [3.8, 4) is 0 Å². The Morgan fingerprint density at radius 2 is 2.24 bits per heavy atom. The predicted molar refractivity (Wildman–Crippen MR) is 84.8 cm³/mol. The van der Waals surface area contributed by atoms with E-state index in [0.29, 0.717) is 23.4 Å². The Morgan fingerprint density at radius 1 is 1.43 bits per heavy atom. The largest absolute Gasteiger partial charge is 0.326 e. The molecule has 0 spiro atoms. The Kier molecular flexibility index (Phi) is 4.15. The second-order valence-electron chi connectivity index (χ2n) is 4.67. The number of alkyl halides is 1. The molecule has 110 valence electrons. The fourth-order valence-corrected chi connectivity index (χ4v) is 3.20. The number of aryl methyl sites for hydroxylation is 2. The summed E-state index contributed by atoms with van der Waals surface area (Å²) >= 11 is 13.6. The highest BCUT2D eigenvalue weighted by atomic mass is 35.5. The van der Waals surface area contributed by atoms with Crippen molar-refractivity contribution < 1.29 is 4.39 Å². The minimum absolute atomic E-state index is 0.0702. The summed E-state index contributed by atoms with van der Waals surface area (Å²) in [7, 11) is 0. The van der Waals surface area contributed by atoms with E-state index in [1.54, 1.807) is 17.5 Å². The van der Waals surface area contributed by atoms with Crippen molar-refractivity contribution in [3.05, 3.63) is 45.4 Å². The topological polar surface area (TPSA) is 30.7 Å². The first-order valence-electron chi connectivity index (χ1n) is 6.44. The Labute approximate surface area is 135 Å². The molecule has 2 heterocycles. The highest BCUT2D eigenvalue weighted by Crippen LogP contribution is 2.28. The summed E-state index contributed by atoms with van der Waals surface area (Å²) in [5.74, 6) is 0.262. The van der Waals surface area contributed by atoms with Crippen molar-refractivity contribution in [2.75, 3.05) is 0 Å². The number of rotatable bonds is 4. The van der Waals surface area contributed by atoms with Crippen LogP contribution in [-0.2, 0) is 13.0 Å². The number of halogens is 3. The van der Waals surface area contributed by atoms with Crippen LogP contribution in [0.3, 0.4) is 0 Å². The number of aromatic nitrogens is 3. The Balaban J connectivity index is 2.04. The van der Waals surface area contributed by atoms with Crippen LogP contribution in [0.25, 0.3) is 11.0 Å². The van der Waals surface area contributed by atoms with Gasteiger partial charge in [-0.05, 0) is 13.0 Å². The predicted octanol–water partition coefficient (Wildman–Crippen LogP) is 4.83. The molecule has 0 fully saturated rings. The van der Waals surface area contributed by atoms with Gasteiger partial charge in [0.15, 0.2) is 0 Å². The molecule has 1 atom stereocenters. The van der Waals surface area contributed by atoms with Crippen LogP contribution in [0.2, 0.25) is 5.02 Å². The SMILES string of the molecule is CC(Cl)c1nc2cc(Cl)c(F)cc2n1CCc1nccs1. The van der Waals surface area contributed by atoms with Crippen LogP contribution in [-0.4, -0.2) is 14.5 Å². The molecule has 0 aliphatic carbocycles. The number of nitrogens with zero attached hydrogens (tertiary/aromatic N) is 3. The average molecular weight is 344 g/mol. The molecule has 1 aromatic carbocycles. The van der Waals surface area contributed by atoms with Crippen molar-refractivity contribution in [1.29, 1.82) is 0 Å². The maximum Gasteiger partial charge on any atom is 0.144 e. The summed E-state index contributed by atoms with van der Waals surface area (Å²) < 4.78 is 15.7. The zero-order chi connectivity index (χ0) is 15.0. The lowest BCUT2D eigenvalue weighted by molar-refractivity contribution is 0.626. The standard InChI is InChI=1S/C14H12Cl2FN3S/c1-8(15)14-19-11-6-9(16)10(17)7-12(11)20(14)4-2-13-18-3-5-21-13/h3,5-8H,2,4H2,1H3. The third-order valence-electron chi connectivity index (χ3n) is 3.21. The van der Waals surface area contributed by atoms with Crippen LogP contribution in [0.1, 0.15) is 23.1 Å². The van der Waals surface area contributed by atoms with Gasteiger partial charge in [0.25, 0.3) is 0 Å². The summed E-state index contributed by atoms with van der Waals surface area (Å²) in [4.78, 5) is 8.74. The summed E-state index contributed by atoms with van der Waals surface area (Å²) in [5, 5.41) is 2.77. The highest BCUT2D eigenvalue weighted by Gasteiger charge is 2.17. The third-order valence-corrected chi connectivity index (χ3v) is 4.53. The minimum atomic E-state index is -0.451. The number of fused-ring (bicyclic) bond motifs is 1. The van der Waals surface area contributed by atoms with E-state index in [-0.39, 0.29) is 10.4 Å². The molecular weight excluding hydrogens is 332 g/mol. The molecule has 0 bridgehead atoms. The summed E-state index contributed by atoms with van der Waals surface area (Å²) in [6.45, 7) is 2.50. The first-order chi connectivity index (χ1) is 10.1. The van der Waals surface area contributed by atoms with Gasteiger partial charge >= 0.3 is 0 Å². The fraction of sp³-hybridized carbons (Fsp3) is 0.286. The lowest BCUT2D eigenvalue weighted by atomic mass is 10.3. The molecule has 0 saturated carbocycles. The minimum Gasteiger partial charge on any atom is -0.326 e. The molecule has 2 aromatic heterocycles. The van der Waals surface area contributed by atoms with Crippen LogP contribution in [0, 0.1) is 5.82 Å². The van der Waals surface area contributed by atoms with E-state index in [4.69, 9.17) is 23.2 Å². The van der Waals surface area contributed by atoms with Gasteiger partial charge in [-0.15, -0.1) is 22.9 Å². The van der Waals surface area contributed by atoms with Crippen molar-refractivity contribution in [1.82, 2.24) is 14.5 Å². The van der Waals surface area contributed by atoms with Gasteiger partial charge in [0.2, 0.25) is 0 Å². The number of hydrogen-bond donors (Lipinski definition) is 0. The molecule has 3 aromatic rings. The van der Waals surface area contributed by atoms with Gasteiger partial charge in [-0.1, -0.05) is 11.6 Å². The summed E-state index contributed by atoms with van der Waals surface area (Å²) in [6, 6.07) is 2.95. The van der Waals surface area contributed by atoms with Crippen LogP contribution in [0.15, 0.2) is 23.7 Å². The first-order valence-corrected chi connectivity index (χ1v) is 8.13. The monoisotopic (exact) mass is 343 g/mol. The molecule has 3 nitrogen and oxygen atoms in total. The Hall–Kier alpha value is -1.17. The number of thiazole rings is 1. The van der Waals surface area contributed by atoms with Gasteiger partial charge in [-0.25, -0.2) is 14.4 Å². The molecule has 1 unspecified atom stereocenters. The molecule has 0 aliphatic heterocycles. The van der Waals surface area contributed by atoms with Gasteiger partial charge in [-0.3, -0.25) is 0 Å². The number of imidazole rings is 1. The van der Waals surface area contributed by atoms with Crippen LogP contribution >= 0.6 is 34.5 Å². The second-order valence-corrected chi connectivity index (χ2v) is 6.71. The summed E-state index contributed by atoms with van der Waals surface area (Å²) in [5.41, 5.74) is 1.36. The second kappa shape index (κ2) is 5.91. The van der Waals surface area contributed by atoms with Crippen molar-refractivity contribution in [2.45, 2.75) is 25.3 Å². The molecule has 7 heteroatoms. The quantitative estimate of drug-likeness (QED) is 0.635. The van der Waals surface area contributed by atoms with Gasteiger partial charge in [0.1, 0.15) is 11.6 Å². The number of hydrogen-bond acceptors (Lipinski definition) is 3. The molecule has 0 saturated heterocycles. The highest BCUT2D eigenvalue weighted by molar-refractivity contribution is 7.09. The Bertz CT molecular complexity index is 768. The van der Waals surface area contributed by atoms with E-state index >= 15 is 0 Å². The van der Waals surface area contributed by atoms with Crippen molar-refractivity contribution in [2.24, 2.45) is 0 Å². The van der Waals surface area contributed by atoms with Gasteiger partial charge in [0, 0.05) is 30.6 Å².